The number of hydrogen-bond acceptors (Lipinski definition) is 7. The Morgan fingerprint density at radius 2 is 1.70 bits per heavy atom. The first-order valence-corrected chi connectivity index (χ1v) is 8.04. The summed E-state index contributed by atoms with van der Waals surface area (Å²) in [5.41, 5.74) is 2.98. The van der Waals surface area contributed by atoms with Crippen molar-refractivity contribution in [2.24, 2.45) is 11.0 Å². The summed E-state index contributed by atoms with van der Waals surface area (Å²) in [5.74, 6) is -2.60. The first-order chi connectivity index (χ1) is 13.0. The van der Waals surface area contributed by atoms with Crippen molar-refractivity contribution >= 4 is 34.7 Å². The average Bonchev–Trinajstić information content (AvgIpc) is 3.22. The Labute approximate surface area is 152 Å². The largest absolute Gasteiger partial charge is 0.296 e. The minimum absolute atomic E-state index is 0.0195. The molecule has 0 spiro atoms. The lowest BCUT2D eigenvalue weighted by atomic mass is 9.93. The molecule has 1 fully saturated rings. The van der Waals surface area contributed by atoms with Gasteiger partial charge < -0.3 is 0 Å². The summed E-state index contributed by atoms with van der Waals surface area (Å²) >= 11 is 0. The van der Waals surface area contributed by atoms with E-state index < -0.39 is 34.5 Å². The van der Waals surface area contributed by atoms with Gasteiger partial charge in [-0.2, -0.15) is 5.10 Å². The summed E-state index contributed by atoms with van der Waals surface area (Å²) in [6, 6.07) is 12.5. The van der Waals surface area contributed by atoms with Crippen LogP contribution in [0, 0.1) is 16.0 Å². The van der Waals surface area contributed by atoms with Crippen LogP contribution < -0.4 is 10.3 Å². The standard InChI is InChI=1S/C18H12N4O5/c23-16(10-4-2-1-3-5-10)14-13-15(20-19-14)18(25)21(17(13)24)11-6-8-12(9-7-11)22(26)27/h1-9,13,15,20H/t13-,15-/m0/s1. The number of fused-ring (bicyclic) bond motifs is 1. The number of hydrazone groups is 1. The van der Waals surface area contributed by atoms with Crippen LogP contribution in [0.25, 0.3) is 0 Å². The molecule has 27 heavy (non-hydrogen) atoms. The Kier molecular flexibility index (Phi) is 3.76. The number of imide groups is 1. The van der Waals surface area contributed by atoms with E-state index in [-0.39, 0.29) is 17.1 Å². The van der Waals surface area contributed by atoms with Gasteiger partial charge in [-0.05, 0) is 12.1 Å². The zero-order chi connectivity index (χ0) is 19.1. The van der Waals surface area contributed by atoms with Gasteiger partial charge in [-0.3, -0.25) is 29.9 Å². The highest BCUT2D eigenvalue weighted by atomic mass is 16.6. The topological polar surface area (TPSA) is 122 Å². The molecule has 2 amide bonds. The van der Waals surface area contributed by atoms with Crippen molar-refractivity contribution in [3.63, 3.8) is 0 Å². The number of carbonyl (C=O) groups is 3. The summed E-state index contributed by atoms with van der Waals surface area (Å²) in [5, 5.41) is 14.7. The Morgan fingerprint density at radius 1 is 1.04 bits per heavy atom. The van der Waals surface area contributed by atoms with E-state index in [2.05, 4.69) is 10.5 Å². The van der Waals surface area contributed by atoms with Crippen LogP contribution in [-0.2, 0) is 9.59 Å². The first-order valence-electron chi connectivity index (χ1n) is 8.04. The van der Waals surface area contributed by atoms with Gasteiger partial charge in [-0.1, -0.05) is 30.3 Å². The zero-order valence-corrected chi connectivity index (χ0v) is 13.7. The normalized spacial score (nSPS) is 20.9. The fourth-order valence-electron chi connectivity index (χ4n) is 3.19. The van der Waals surface area contributed by atoms with Gasteiger partial charge in [0.05, 0.1) is 10.6 Å². The van der Waals surface area contributed by atoms with Gasteiger partial charge >= 0.3 is 0 Å². The molecular formula is C18H12N4O5. The molecule has 2 aromatic rings. The summed E-state index contributed by atoms with van der Waals surface area (Å²) in [4.78, 5) is 49.3. The molecule has 2 atom stereocenters. The third kappa shape index (κ3) is 2.56. The van der Waals surface area contributed by atoms with Gasteiger partial charge in [0.2, 0.25) is 11.7 Å². The number of amides is 2. The van der Waals surface area contributed by atoms with Crippen LogP contribution >= 0.6 is 0 Å². The molecular weight excluding hydrogens is 352 g/mol. The number of ketones is 1. The Bertz CT molecular complexity index is 1000. The van der Waals surface area contributed by atoms with Crippen LogP contribution in [0.2, 0.25) is 0 Å². The number of nitro groups is 1. The average molecular weight is 364 g/mol. The number of Topliss-reactive ketones (excluding diaryl/α,β-unsaturated/α-hetero) is 1. The number of nitrogens with zero attached hydrogens (tertiary/aromatic N) is 3. The number of nitro benzene ring substituents is 1. The van der Waals surface area contributed by atoms with Crippen LogP contribution in [0.15, 0.2) is 59.7 Å². The molecule has 2 heterocycles. The van der Waals surface area contributed by atoms with Crippen molar-refractivity contribution in [3.8, 4) is 0 Å². The molecule has 134 valence electrons. The van der Waals surface area contributed by atoms with Gasteiger partial charge in [-0.25, -0.2) is 4.90 Å². The minimum Gasteiger partial charge on any atom is -0.296 e. The highest BCUT2D eigenvalue weighted by Gasteiger charge is 2.55. The number of nitrogens with one attached hydrogen (secondary N) is 1. The number of carbonyl (C=O) groups excluding carboxylic acids is 3. The lowest BCUT2D eigenvalue weighted by molar-refractivity contribution is -0.384. The van der Waals surface area contributed by atoms with Crippen LogP contribution in [0.5, 0.6) is 0 Å². The number of non-ortho nitro benzene ring substituents is 1. The van der Waals surface area contributed by atoms with Crippen molar-refractivity contribution in [1.29, 1.82) is 0 Å². The first kappa shape index (κ1) is 16.6. The SMILES string of the molecule is O=C(C1=NN[C@@H]2C(=O)N(c3ccc([N+](=O)[O-])cc3)C(=O)[C@@H]12)c1ccccc1. The second-order valence-electron chi connectivity index (χ2n) is 6.06. The van der Waals surface area contributed by atoms with E-state index in [9.17, 15) is 24.5 Å². The fraction of sp³-hybridized carbons (Fsp3) is 0.111. The Balaban J connectivity index is 1.64. The van der Waals surface area contributed by atoms with E-state index in [1.165, 1.54) is 24.3 Å². The third-order valence-corrected chi connectivity index (χ3v) is 4.51. The van der Waals surface area contributed by atoms with Crippen molar-refractivity contribution in [2.75, 3.05) is 4.90 Å². The lowest BCUT2D eigenvalue weighted by Gasteiger charge is -2.15. The Morgan fingerprint density at radius 3 is 2.33 bits per heavy atom. The van der Waals surface area contributed by atoms with E-state index in [0.29, 0.717) is 5.56 Å². The third-order valence-electron chi connectivity index (χ3n) is 4.51. The quantitative estimate of drug-likeness (QED) is 0.378. The van der Waals surface area contributed by atoms with Crippen LogP contribution in [0.3, 0.4) is 0 Å². The maximum Gasteiger partial charge on any atom is 0.269 e. The number of hydrogen-bond donors (Lipinski definition) is 1. The molecule has 1 N–H and O–H groups in total. The summed E-state index contributed by atoms with van der Waals surface area (Å²) in [6.07, 6.45) is 0. The maximum atomic E-state index is 12.9. The summed E-state index contributed by atoms with van der Waals surface area (Å²) in [6.45, 7) is 0. The molecule has 9 nitrogen and oxygen atoms in total. The van der Waals surface area contributed by atoms with Crippen molar-refractivity contribution in [2.45, 2.75) is 6.04 Å². The summed E-state index contributed by atoms with van der Waals surface area (Å²) in [7, 11) is 0. The van der Waals surface area contributed by atoms with Gasteiger partial charge in [0.1, 0.15) is 17.7 Å². The van der Waals surface area contributed by atoms with Gasteiger partial charge in [-0.15, -0.1) is 0 Å². The molecule has 2 aliphatic heterocycles. The van der Waals surface area contributed by atoms with E-state index in [0.717, 1.165) is 4.90 Å². The Hall–Kier alpha value is -3.88. The van der Waals surface area contributed by atoms with Crippen molar-refractivity contribution in [3.05, 3.63) is 70.3 Å². The molecule has 2 aliphatic rings. The lowest BCUT2D eigenvalue weighted by Crippen LogP contribution is -2.36. The molecule has 9 heteroatoms. The van der Waals surface area contributed by atoms with Crippen LogP contribution in [0.1, 0.15) is 10.4 Å². The second-order valence-corrected chi connectivity index (χ2v) is 6.06. The number of rotatable bonds is 4. The number of anilines is 1. The molecule has 0 unspecified atom stereocenters. The smallest absolute Gasteiger partial charge is 0.269 e. The van der Waals surface area contributed by atoms with Gasteiger partial charge in [0, 0.05) is 17.7 Å². The van der Waals surface area contributed by atoms with Crippen molar-refractivity contribution in [1.82, 2.24) is 5.43 Å². The molecule has 0 radical (unpaired) electrons. The molecule has 1 saturated heterocycles. The molecule has 0 aliphatic carbocycles. The van der Waals surface area contributed by atoms with Crippen LogP contribution in [-0.4, -0.2) is 34.3 Å². The van der Waals surface area contributed by atoms with Crippen LogP contribution in [0.4, 0.5) is 11.4 Å². The summed E-state index contributed by atoms with van der Waals surface area (Å²) < 4.78 is 0. The molecule has 0 aromatic heterocycles. The van der Waals surface area contributed by atoms with Gasteiger partial charge in [0.15, 0.2) is 0 Å². The molecule has 2 aromatic carbocycles. The highest BCUT2D eigenvalue weighted by Crippen LogP contribution is 2.32. The van der Waals surface area contributed by atoms with E-state index in [1.807, 2.05) is 0 Å². The predicted octanol–water partition coefficient (Wildman–Crippen LogP) is 1.29. The highest BCUT2D eigenvalue weighted by molar-refractivity contribution is 6.52. The van der Waals surface area contributed by atoms with E-state index >= 15 is 0 Å². The fourth-order valence-corrected chi connectivity index (χ4v) is 3.19. The van der Waals surface area contributed by atoms with E-state index in [4.69, 9.17) is 0 Å². The molecule has 0 bridgehead atoms. The second kappa shape index (κ2) is 6.13. The van der Waals surface area contributed by atoms with Gasteiger partial charge in [0.25, 0.3) is 11.6 Å². The number of benzene rings is 2. The predicted molar refractivity (Wildman–Crippen MR) is 94.2 cm³/mol. The van der Waals surface area contributed by atoms with E-state index in [1.54, 1.807) is 30.3 Å². The molecule has 4 rings (SSSR count). The zero-order valence-electron chi connectivity index (χ0n) is 13.7. The molecule has 0 saturated carbocycles. The monoisotopic (exact) mass is 364 g/mol. The maximum absolute atomic E-state index is 12.9. The minimum atomic E-state index is -1.03. The van der Waals surface area contributed by atoms with Crippen molar-refractivity contribution < 1.29 is 19.3 Å².